The van der Waals surface area contributed by atoms with Crippen LogP contribution in [0.2, 0.25) is 0 Å². The molecule has 0 unspecified atom stereocenters. The summed E-state index contributed by atoms with van der Waals surface area (Å²) in [6, 6.07) is 4.68. The molecule has 0 spiro atoms. The minimum absolute atomic E-state index is 0.118. The predicted molar refractivity (Wildman–Crippen MR) is 72.0 cm³/mol. The van der Waals surface area contributed by atoms with E-state index >= 15 is 0 Å². The number of benzene rings is 1. The van der Waals surface area contributed by atoms with Crippen molar-refractivity contribution in [3.05, 3.63) is 34.4 Å². The standard InChI is InChI=1S/C13H13BrFN3O/c14-9-5-8(6-10(15)7-9)12-17-13(19-18-12)11-3-1-2-4-16-11/h5-7,11,16H,1-4H2/t11-/m0/s1. The van der Waals surface area contributed by atoms with Gasteiger partial charge in [0.15, 0.2) is 0 Å². The normalized spacial score (nSPS) is 19.6. The van der Waals surface area contributed by atoms with E-state index in [0.29, 0.717) is 21.8 Å². The summed E-state index contributed by atoms with van der Waals surface area (Å²) < 4.78 is 19.3. The van der Waals surface area contributed by atoms with Crippen LogP contribution in [0.5, 0.6) is 0 Å². The van der Waals surface area contributed by atoms with Crippen molar-refractivity contribution in [1.29, 1.82) is 0 Å². The highest BCUT2D eigenvalue weighted by Gasteiger charge is 2.21. The maximum Gasteiger partial charge on any atom is 0.244 e. The molecule has 1 aliphatic heterocycles. The summed E-state index contributed by atoms with van der Waals surface area (Å²) in [6.07, 6.45) is 3.32. The average molecular weight is 326 g/mol. The average Bonchev–Trinajstić information content (AvgIpc) is 2.88. The number of nitrogens with zero attached hydrogens (tertiary/aromatic N) is 2. The van der Waals surface area contributed by atoms with E-state index in [-0.39, 0.29) is 11.9 Å². The molecule has 3 rings (SSSR count). The van der Waals surface area contributed by atoms with Crippen LogP contribution in [-0.2, 0) is 0 Å². The lowest BCUT2D eigenvalue weighted by Gasteiger charge is -2.19. The SMILES string of the molecule is Fc1cc(Br)cc(-c2noc([C@@H]3CCCCN3)n2)c1. The first-order valence-corrected chi connectivity index (χ1v) is 7.05. The first kappa shape index (κ1) is 12.7. The second kappa shape index (κ2) is 5.38. The third kappa shape index (κ3) is 2.84. The maximum atomic E-state index is 13.3. The zero-order chi connectivity index (χ0) is 13.2. The molecule has 0 amide bonds. The van der Waals surface area contributed by atoms with Gasteiger partial charge in [-0.1, -0.05) is 27.5 Å². The summed E-state index contributed by atoms with van der Waals surface area (Å²) in [5.74, 6) is 0.671. The summed E-state index contributed by atoms with van der Waals surface area (Å²) in [6.45, 7) is 0.966. The lowest BCUT2D eigenvalue weighted by atomic mass is 10.1. The van der Waals surface area contributed by atoms with Gasteiger partial charge in [0.1, 0.15) is 5.82 Å². The van der Waals surface area contributed by atoms with E-state index in [0.717, 1.165) is 19.4 Å². The van der Waals surface area contributed by atoms with Crippen LogP contribution in [0.15, 0.2) is 27.2 Å². The molecule has 1 aromatic heterocycles. The fourth-order valence-corrected chi connectivity index (χ4v) is 2.70. The largest absolute Gasteiger partial charge is 0.337 e. The fraction of sp³-hybridized carbons (Fsp3) is 0.385. The van der Waals surface area contributed by atoms with Gasteiger partial charge in [-0.25, -0.2) is 4.39 Å². The predicted octanol–water partition coefficient (Wildman–Crippen LogP) is 3.45. The van der Waals surface area contributed by atoms with E-state index in [1.807, 2.05) is 0 Å². The number of rotatable bonds is 2. The van der Waals surface area contributed by atoms with Gasteiger partial charge in [-0.15, -0.1) is 0 Å². The Labute approximate surface area is 118 Å². The van der Waals surface area contributed by atoms with Gasteiger partial charge in [0.25, 0.3) is 0 Å². The molecule has 1 aromatic carbocycles. The maximum absolute atomic E-state index is 13.3. The summed E-state index contributed by atoms with van der Waals surface area (Å²) in [5, 5.41) is 7.27. The van der Waals surface area contributed by atoms with Crippen molar-refractivity contribution in [2.75, 3.05) is 6.54 Å². The molecule has 6 heteroatoms. The Morgan fingerprint density at radius 1 is 1.32 bits per heavy atom. The fourth-order valence-electron chi connectivity index (χ4n) is 2.24. The van der Waals surface area contributed by atoms with Crippen LogP contribution in [0.4, 0.5) is 4.39 Å². The summed E-state index contributed by atoms with van der Waals surface area (Å²) >= 11 is 3.26. The van der Waals surface area contributed by atoms with E-state index in [2.05, 4.69) is 31.4 Å². The third-order valence-corrected chi connectivity index (χ3v) is 3.63. The van der Waals surface area contributed by atoms with E-state index in [1.54, 1.807) is 6.07 Å². The van der Waals surface area contributed by atoms with Crippen LogP contribution in [0.3, 0.4) is 0 Å². The molecule has 0 radical (unpaired) electrons. The van der Waals surface area contributed by atoms with Gasteiger partial charge in [0.05, 0.1) is 6.04 Å². The molecule has 0 saturated carbocycles. The summed E-state index contributed by atoms with van der Waals surface area (Å²) in [5.41, 5.74) is 0.609. The molecule has 0 bridgehead atoms. The number of aromatic nitrogens is 2. The van der Waals surface area contributed by atoms with E-state index in [9.17, 15) is 4.39 Å². The van der Waals surface area contributed by atoms with Crippen LogP contribution in [0, 0.1) is 5.82 Å². The van der Waals surface area contributed by atoms with Crippen LogP contribution in [0.25, 0.3) is 11.4 Å². The van der Waals surface area contributed by atoms with E-state index in [4.69, 9.17) is 4.52 Å². The number of hydrogen-bond donors (Lipinski definition) is 1. The van der Waals surface area contributed by atoms with Crippen molar-refractivity contribution >= 4 is 15.9 Å². The highest BCUT2D eigenvalue weighted by atomic mass is 79.9. The zero-order valence-corrected chi connectivity index (χ0v) is 11.8. The molecule has 19 heavy (non-hydrogen) atoms. The van der Waals surface area contributed by atoms with E-state index < -0.39 is 0 Å². The Morgan fingerprint density at radius 3 is 2.95 bits per heavy atom. The quantitative estimate of drug-likeness (QED) is 0.918. The van der Waals surface area contributed by atoms with Crippen molar-refractivity contribution in [1.82, 2.24) is 15.5 Å². The van der Waals surface area contributed by atoms with Gasteiger partial charge < -0.3 is 9.84 Å². The second-order valence-corrected chi connectivity index (χ2v) is 5.53. The lowest BCUT2D eigenvalue weighted by molar-refractivity contribution is 0.297. The molecule has 0 aliphatic carbocycles. The number of piperidine rings is 1. The summed E-state index contributed by atoms with van der Waals surface area (Å²) in [7, 11) is 0. The van der Waals surface area contributed by atoms with Gasteiger partial charge in [0, 0.05) is 10.0 Å². The Bertz CT molecular complexity index is 561. The highest BCUT2D eigenvalue weighted by molar-refractivity contribution is 9.10. The molecule has 1 saturated heterocycles. The lowest BCUT2D eigenvalue weighted by Crippen LogP contribution is -2.26. The van der Waals surface area contributed by atoms with Crippen molar-refractivity contribution in [2.45, 2.75) is 25.3 Å². The number of hydrogen-bond acceptors (Lipinski definition) is 4. The van der Waals surface area contributed by atoms with Crippen LogP contribution >= 0.6 is 15.9 Å². The molecule has 1 N–H and O–H groups in total. The molecule has 1 atom stereocenters. The van der Waals surface area contributed by atoms with Crippen molar-refractivity contribution in [3.8, 4) is 11.4 Å². The molecule has 2 heterocycles. The molecule has 1 fully saturated rings. The Morgan fingerprint density at radius 2 is 2.21 bits per heavy atom. The van der Waals surface area contributed by atoms with E-state index in [1.165, 1.54) is 18.6 Å². The zero-order valence-electron chi connectivity index (χ0n) is 10.2. The smallest absolute Gasteiger partial charge is 0.244 e. The molecule has 4 nitrogen and oxygen atoms in total. The molecule has 2 aromatic rings. The van der Waals surface area contributed by atoms with Crippen molar-refractivity contribution in [3.63, 3.8) is 0 Å². The minimum Gasteiger partial charge on any atom is -0.337 e. The van der Waals surface area contributed by atoms with Crippen LogP contribution in [0.1, 0.15) is 31.2 Å². The number of halogens is 2. The monoisotopic (exact) mass is 325 g/mol. The number of nitrogens with one attached hydrogen (secondary N) is 1. The van der Waals surface area contributed by atoms with Gasteiger partial charge in [-0.3, -0.25) is 0 Å². The minimum atomic E-state index is -0.327. The summed E-state index contributed by atoms with van der Waals surface area (Å²) in [4.78, 5) is 4.36. The first-order valence-electron chi connectivity index (χ1n) is 6.26. The van der Waals surface area contributed by atoms with Gasteiger partial charge >= 0.3 is 0 Å². The van der Waals surface area contributed by atoms with Crippen LogP contribution < -0.4 is 5.32 Å². The van der Waals surface area contributed by atoms with Crippen molar-refractivity contribution in [2.24, 2.45) is 0 Å². The Balaban J connectivity index is 1.87. The van der Waals surface area contributed by atoms with Gasteiger partial charge in [-0.2, -0.15) is 4.98 Å². The highest BCUT2D eigenvalue weighted by Crippen LogP contribution is 2.26. The molecule has 100 valence electrons. The second-order valence-electron chi connectivity index (χ2n) is 4.62. The molecular weight excluding hydrogens is 313 g/mol. The van der Waals surface area contributed by atoms with Gasteiger partial charge in [-0.05, 0) is 37.6 Å². The third-order valence-electron chi connectivity index (χ3n) is 3.17. The first-order chi connectivity index (χ1) is 9.22. The van der Waals surface area contributed by atoms with Crippen molar-refractivity contribution < 1.29 is 8.91 Å². The molecule has 1 aliphatic rings. The Hall–Kier alpha value is -1.27. The topological polar surface area (TPSA) is 51.0 Å². The molecular formula is C13H13BrFN3O. The van der Waals surface area contributed by atoms with Crippen LogP contribution in [-0.4, -0.2) is 16.7 Å². The van der Waals surface area contributed by atoms with Gasteiger partial charge in [0.2, 0.25) is 11.7 Å². The Kier molecular flexibility index (Phi) is 3.61.